The second-order valence-corrected chi connectivity index (χ2v) is 4.73. The van der Waals surface area contributed by atoms with Crippen molar-refractivity contribution in [3.8, 4) is 0 Å². The number of imidazole rings is 1. The van der Waals surface area contributed by atoms with Gasteiger partial charge in [-0.3, -0.25) is 14.2 Å². The Morgan fingerprint density at radius 3 is 3.14 bits per heavy atom. The van der Waals surface area contributed by atoms with Gasteiger partial charge in [-0.2, -0.15) is 0 Å². The van der Waals surface area contributed by atoms with Gasteiger partial charge in [-0.15, -0.1) is 0 Å². The summed E-state index contributed by atoms with van der Waals surface area (Å²) in [5, 5.41) is 9.33. The molecular weight excluding hydrogens is 280 g/mol. The molecule has 3 rings (SSSR count). The summed E-state index contributed by atoms with van der Waals surface area (Å²) in [6.07, 6.45) is 1.84. The predicted octanol–water partition coefficient (Wildman–Crippen LogP) is -0.811. The van der Waals surface area contributed by atoms with Crippen LogP contribution >= 0.6 is 0 Å². The molecule has 1 saturated heterocycles. The van der Waals surface area contributed by atoms with E-state index in [0.29, 0.717) is 12.1 Å². The second-order valence-electron chi connectivity index (χ2n) is 4.73. The Bertz CT molecular complexity index is 724. The van der Waals surface area contributed by atoms with Gasteiger partial charge in [0.15, 0.2) is 11.2 Å². The molecule has 2 aromatic heterocycles. The summed E-state index contributed by atoms with van der Waals surface area (Å²) in [6, 6.07) is 0. The van der Waals surface area contributed by atoms with Gasteiger partial charge in [0.1, 0.15) is 6.23 Å². The van der Waals surface area contributed by atoms with Crippen LogP contribution in [0.3, 0.4) is 0 Å². The van der Waals surface area contributed by atoms with Crippen molar-refractivity contribution in [2.45, 2.75) is 18.8 Å². The molecule has 3 atom stereocenters. The molecule has 0 bridgehead atoms. The number of aliphatic hydroxyl groups is 1. The number of hydrogen-bond acceptors (Lipinski definition) is 7. The Morgan fingerprint density at radius 1 is 1.62 bits per heavy atom. The van der Waals surface area contributed by atoms with Gasteiger partial charge in [0.2, 0.25) is 0 Å². The van der Waals surface area contributed by atoms with Gasteiger partial charge in [0, 0.05) is 6.42 Å². The molecule has 21 heavy (non-hydrogen) atoms. The van der Waals surface area contributed by atoms with E-state index in [1.165, 1.54) is 19.8 Å². The Hall–Kier alpha value is -2.26. The molecule has 1 fully saturated rings. The molecule has 0 spiro atoms. The normalized spacial score (nSPS) is 25.3. The molecule has 0 radical (unpaired) electrons. The van der Waals surface area contributed by atoms with Crippen molar-refractivity contribution >= 4 is 17.1 Å². The summed E-state index contributed by atoms with van der Waals surface area (Å²) in [5.74, 6) is -1.00. The van der Waals surface area contributed by atoms with Crippen LogP contribution < -0.4 is 5.56 Å². The van der Waals surface area contributed by atoms with E-state index in [9.17, 15) is 14.7 Å². The van der Waals surface area contributed by atoms with E-state index in [0.717, 1.165) is 0 Å². The smallest absolute Gasteiger partial charge is 0.311 e. The number of ether oxygens (including phenoxy) is 2. The maximum Gasteiger partial charge on any atom is 0.311 e. The van der Waals surface area contributed by atoms with Crippen LogP contribution in [-0.4, -0.2) is 50.4 Å². The monoisotopic (exact) mass is 294 g/mol. The van der Waals surface area contributed by atoms with E-state index < -0.39 is 24.2 Å². The average Bonchev–Trinajstić information content (AvgIpc) is 3.10. The van der Waals surface area contributed by atoms with Crippen LogP contribution in [0, 0.1) is 5.92 Å². The van der Waals surface area contributed by atoms with Crippen molar-refractivity contribution in [1.29, 1.82) is 0 Å². The molecule has 112 valence electrons. The van der Waals surface area contributed by atoms with Gasteiger partial charge >= 0.3 is 5.97 Å². The first-order chi connectivity index (χ1) is 10.2. The highest BCUT2D eigenvalue weighted by atomic mass is 16.5. The molecular formula is C12H14N4O5. The topological polar surface area (TPSA) is 119 Å². The van der Waals surface area contributed by atoms with Gasteiger partial charge < -0.3 is 19.6 Å². The highest BCUT2D eigenvalue weighted by Gasteiger charge is 2.41. The molecule has 1 aliphatic rings. The van der Waals surface area contributed by atoms with Gasteiger partial charge in [0.05, 0.1) is 38.4 Å². The lowest BCUT2D eigenvalue weighted by atomic mass is 10.0. The summed E-state index contributed by atoms with van der Waals surface area (Å²) in [6.45, 7) is -0.295. The maximum absolute atomic E-state index is 11.7. The number of nitrogens with zero attached hydrogens (tertiary/aromatic N) is 3. The van der Waals surface area contributed by atoms with Crippen LogP contribution in [0.1, 0.15) is 12.6 Å². The van der Waals surface area contributed by atoms with E-state index in [-0.39, 0.29) is 17.7 Å². The lowest BCUT2D eigenvalue weighted by Gasteiger charge is -2.14. The Kier molecular flexibility index (Phi) is 3.43. The number of aromatic nitrogens is 4. The Balaban J connectivity index is 1.95. The zero-order chi connectivity index (χ0) is 15.0. The number of carbonyl (C=O) groups excluding carboxylic acids is 1. The zero-order valence-electron chi connectivity index (χ0n) is 11.2. The van der Waals surface area contributed by atoms with Gasteiger partial charge in [-0.25, -0.2) is 9.97 Å². The number of rotatable bonds is 3. The van der Waals surface area contributed by atoms with Crippen molar-refractivity contribution in [3.05, 3.63) is 23.0 Å². The highest BCUT2D eigenvalue weighted by molar-refractivity contribution is 5.73. The van der Waals surface area contributed by atoms with Crippen LogP contribution in [0.15, 0.2) is 17.4 Å². The number of H-pyrrole nitrogens is 1. The first kappa shape index (κ1) is 13.7. The summed E-state index contributed by atoms with van der Waals surface area (Å²) >= 11 is 0. The Morgan fingerprint density at radius 2 is 2.43 bits per heavy atom. The number of fused-ring (bicyclic) bond motifs is 1. The molecule has 0 aromatic carbocycles. The fourth-order valence-electron chi connectivity index (χ4n) is 2.54. The molecule has 0 unspecified atom stereocenters. The molecule has 0 amide bonds. The number of aromatic amines is 1. The molecule has 2 N–H and O–H groups in total. The first-order valence-electron chi connectivity index (χ1n) is 6.40. The molecule has 2 aromatic rings. The number of carbonyl (C=O) groups is 1. The molecule has 9 heteroatoms. The zero-order valence-corrected chi connectivity index (χ0v) is 11.2. The fourth-order valence-corrected chi connectivity index (χ4v) is 2.54. The third-order valence-electron chi connectivity index (χ3n) is 3.60. The molecule has 0 aliphatic carbocycles. The van der Waals surface area contributed by atoms with Gasteiger partial charge in [-0.1, -0.05) is 0 Å². The molecule has 1 aliphatic heterocycles. The lowest BCUT2D eigenvalue weighted by molar-refractivity contribution is -0.148. The maximum atomic E-state index is 11.7. The SMILES string of the molecule is COC(=O)[C@H]1C[C@H](n2cnc3c(=O)[nH]cnc32)O[C@@H]1CO. The van der Waals surface area contributed by atoms with Crippen molar-refractivity contribution in [2.24, 2.45) is 5.92 Å². The minimum Gasteiger partial charge on any atom is -0.469 e. The fraction of sp³-hybridized carbons (Fsp3) is 0.500. The van der Waals surface area contributed by atoms with E-state index >= 15 is 0 Å². The number of nitrogens with one attached hydrogen (secondary N) is 1. The third kappa shape index (κ3) is 2.20. The van der Waals surface area contributed by atoms with Gasteiger partial charge in [-0.05, 0) is 0 Å². The summed E-state index contributed by atoms with van der Waals surface area (Å²) in [5.41, 5.74) is 0.217. The summed E-state index contributed by atoms with van der Waals surface area (Å²) in [7, 11) is 1.29. The summed E-state index contributed by atoms with van der Waals surface area (Å²) in [4.78, 5) is 33.8. The largest absolute Gasteiger partial charge is 0.469 e. The van der Waals surface area contributed by atoms with Crippen LogP contribution in [0.2, 0.25) is 0 Å². The van der Waals surface area contributed by atoms with Crippen molar-refractivity contribution < 1.29 is 19.4 Å². The van der Waals surface area contributed by atoms with Crippen molar-refractivity contribution in [3.63, 3.8) is 0 Å². The first-order valence-corrected chi connectivity index (χ1v) is 6.40. The van der Waals surface area contributed by atoms with Crippen LogP contribution in [0.5, 0.6) is 0 Å². The molecule has 0 saturated carbocycles. The quantitative estimate of drug-likeness (QED) is 0.710. The standard InChI is InChI=1S/C12H14N4O5/c1-20-12(19)6-2-8(21-7(6)3-17)16-5-15-9-10(16)13-4-14-11(9)18/h4-8,17H,2-3H2,1H3,(H,13,14,18)/t6-,7+,8+/m0/s1. The highest BCUT2D eigenvalue weighted by Crippen LogP contribution is 2.35. The van der Waals surface area contributed by atoms with E-state index in [2.05, 4.69) is 15.0 Å². The number of hydrogen-bond donors (Lipinski definition) is 2. The number of aliphatic hydroxyl groups excluding tert-OH is 1. The Labute approximate surface area is 118 Å². The van der Waals surface area contributed by atoms with Crippen LogP contribution in [0.25, 0.3) is 11.2 Å². The third-order valence-corrected chi connectivity index (χ3v) is 3.60. The van der Waals surface area contributed by atoms with E-state index in [1.807, 2.05) is 0 Å². The van der Waals surface area contributed by atoms with Crippen molar-refractivity contribution in [2.75, 3.05) is 13.7 Å². The molecule has 9 nitrogen and oxygen atoms in total. The minimum atomic E-state index is -0.651. The minimum absolute atomic E-state index is 0.197. The van der Waals surface area contributed by atoms with E-state index in [4.69, 9.17) is 9.47 Å². The number of esters is 1. The predicted molar refractivity (Wildman–Crippen MR) is 69.3 cm³/mol. The van der Waals surface area contributed by atoms with Crippen LogP contribution in [0.4, 0.5) is 0 Å². The molecule has 3 heterocycles. The van der Waals surface area contributed by atoms with Crippen molar-refractivity contribution in [1.82, 2.24) is 19.5 Å². The second kappa shape index (κ2) is 5.26. The average molecular weight is 294 g/mol. The van der Waals surface area contributed by atoms with Gasteiger partial charge in [0.25, 0.3) is 5.56 Å². The lowest BCUT2D eigenvalue weighted by Crippen LogP contribution is -2.28. The number of methoxy groups -OCH3 is 1. The summed E-state index contributed by atoms with van der Waals surface area (Å²) < 4.78 is 12.0. The van der Waals surface area contributed by atoms with E-state index in [1.54, 1.807) is 4.57 Å². The van der Waals surface area contributed by atoms with Crippen LogP contribution in [-0.2, 0) is 14.3 Å².